The predicted molar refractivity (Wildman–Crippen MR) is 78.3 cm³/mol. The zero-order valence-electron chi connectivity index (χ0n) is 10.9. The van der Waals surface area contributed by atoms with Gasteiger partial charge in [-0.15, -0.1) is 0 Å². The van der Waals surface area contributed by atoms with Crippen LogP contribution in [0.2, 0.25) is 0 Å². The molecule has 5 heteroatoms. The summed E-state index contributed by atoms with van der Waals surface area (Å²) in [5, 5.41) is 0.512. The molecule has 1 saturated heterocycles. The van der Waals surface area contributed by atoms with Gasteiger partial charge in [-0.3, -0.25) is 0 Å². The molecule has 1 aromatic carbocycles. The fourth-order valence-corrected chi connectivity index (χ4v) is 4.19. The van der Waals surface area contributed by atoms with E-state index in [-0.39, 0.29) is 11.6 Å². The Morgan fingerprint density at radius 3 is 2.84 bits per heavy atom. The molecule has 3 rings (SSSR count). The molecule has 1 spiro atoms. The van der Waals surface area contributed by atoms with Crippen LogP contribution in [0.3, 0.4) is 0 Å². The van der Waals surface area contributed by atoms with Crippen molar-refractivity contribution in [3.8, 4) is 0 Å². The van der Waals surface area contributed by atoms with Crippen LogP contribution in [-0.4, -0.2) is 33.3 Å². The van der Waals surface area contributed by atoms with E-state index in [9.17, 15) is 4.79 Å². The Labute approximate surface area is 117 Å². The van der Waals surface area contributed by atoms with E-state index >= 15 is 0 Å². The first-order valence-electron chi connectivity index (χ1n) is 6.43. The average molecular weight is 275 g/mol. The number of nitrogens with zero attached hydrogens (tertiary/aromatic N) is 2. The Bertz CT molecular complexity index is 531. The van der Waals surface area contributed by atoms with Crippen LogP contribution in [0.25, 0.3) is 0 Å². The molecule has 0 aromatic heterocycles. The number of amidine groups is 1. The van der Waals surface area contributed by atoms with Gasteiger partial charge in [-0.1, -0.05) is 37.3 Å². The second-order valence-electron chi connectivity index (χ2n) is 5.21. The molecule has 1 aromatic rings. The molecule has 4 nitrogen and oxygen atoms in total. The number of urea groups is 1. The quantitative estimate of drug-likeness (QED) is 0.900. The molecule has 0 bridgehead atoms. The van der Waals surface area contributed by atoms with Crippen molar-refractivity contribution >= 4 is 23.6 Å². The third-order valence-electron chi connectivity index (χ3n) is 3.86. The summed E-state index contributed by atoms with van der Waals surface area (Å²) in [5.41, 5.74) is 6.80. The fraction of sp³-hybridized carbons (Fsp3) is 0.429. The minimum absolute atomic E-state index is 0.198. The summed E-state index contributed by atoms with van der Waals surface area (Å²) in [7, 11) is 0. The standard InChI is InChI=1S/C14H17N3OS/c1-10-7-14(9-19-10)12(15)16-13(18)17(14)8-11-5-3-2-4-6-11/h2-6,10H,7-9H2,1H3,(H2,15,16,18). The fourth-order valence-electron chi connectivity index (χ4n) is 2.81. The monoisotopic (exact) mass is 275 g/mol. The van der Waals surface area contributed by atoms with Crippen molar-refractivity contribution in [2.75, 3.05) is 5.75 Å². The Kier molecular flexibility index (Phi) is 3.01. The lowest BCUT2D eigenvalue weighted by Crippen LogP contribution is -2.54. The first-order valence-corrected chi connectivity index (χ1v) is 7.48. The molecule has 2 amide bonds. The number of thioether (sulfide) groups is 1. The molecule has 2 atom stereocenters. The van der Waals surface area contributed by atoms with Gasteiger partial charge in [-0.2, -0.15) is 16.8 Å². The summed E-state index contributed by atoms with van der Waals surface area (Å²) in [6.45, 7) is 2.76. The van der Waals surface area contributed by atoms with Gasteiger partial charge < -0.3 is 10.6 Å². The lowest BCUT2D eigenvalue weighted by Gasteiger charge is -2.34. The van der Waals surface area contributed by atoms with Gasteiger partial charge in [0.15, 0.2) is 0 Å². The van der Waals surface area contributed by atoms with Crippen LogP contribution >= 0.6 is 11.8 Å². The maximum Gasteiger partial charge on any atom is 0.346 e. The molecule has 1 fully saturated rings. The highest BCUT2D eigenvalue weighted by Crippen LogP contribution is 2.42. The van der Waals surface area contributed by atoms with Gasteiger partial charge in [0.2, 0.25) is 0 Å². The number of rotatable bonds is 2. The summed E-state index contributed by atoms with van der Waals surface area (Å²) >= 11 is 1.86. The van der Waals surface area contributed by atoms with Crippen LogP contribution in [0.4, 0.5) is 4.79 Å². The van der Waals surface area contributed by atoms with E-state index in [1.807, 2.05) is 47.0 Å². The number of carbonyl (C=O) groups is 1. The van der Waals surface area contributed by atoms with Gasteiger partial charge in [0.25, 0.3) is 0 Å². The molecule has 2 aliphatic rings. The average Bonchev–Trinajstić information content (AvgIpc) is 2.88. The first-order chi connectivity index (χ1) is 9.12. The zero-order chi connectivity index (χ0) is 13.5. The molecule has 19 heavy (non-hydrogen) atoms. The highest BCUT2D eigenvalue weighted by molar-refractivity contribution is 8.00. The van der Waals surface area contributed by atoms with E-state index in [2.05, 4.69) is 11.9 Å². The third kappa shape index (κ3) is 2.02. The maximum atomic E-state index is 12.1. The molecule has 2 heterocycles. The highest BCUT2D eigenvalue weighted by Gasteiger charge is 2.52. The van der Waals surface area contributed by atoms with E-state index in [0.29, 0.717) is 17.6 Å². The Hall–Kier alpha value is -1.49. The van der Waals surface area contributed by atoms with E-state index < -0.39 is 0 Å². The van der Waals surface area contributed by atoms with Crippen LogP contribution in [0.5, 0.6) is 0 Å². The summed E-state index contributed by atoms with van der Waals surface area (Å²) in [6.07, 6.45) is 0.894. The number of carbonyl (C=O) groups excluding carboxylic acids is 1. The molecular formula is C14H17N3OS. The van der Waals surface area contributed by atoms with Gasteiger partial charge in [-0.05, 0) is 12.0 Å². The number of amides is 2. The lowest BCUT2D eigenvalue weighted by molar-refractivity contribution is 0.174. The third-order valence-corrected chi connectivity index (χ3v) is 5.24. The van der Waals surface area contributed by atoms with Gasteiger partial charge in [0, 0.05) is 17.5 Å². The van der Waals surface area contributed by atoms with Crippen molar-refractivity contribution < 1.29 is 4.79 Å². The summed E-state index contributed by atoms with van der Waals surface area (Å²) < 4.78 is 0. The van der Waals surface area contributed by atoms with Crippen LogP contribution in [0.15, 0.2) is 35.3 Å². The van der Waals surface area contributed by atoms with E-state index in [0.717, 1.165) is 17.7 Å². The summed E-state index contributed by atoms with van der Waals surface area (Å²) in [5.74, 6) is 1.34. The molecule has 2 unspecified atom stereocenters. The van der Waals surface area contributed by atoms with Crippen LogP contribution in [0.1, 0.15) is 18.9 Å². The summed E-state index contributed by atoms with van der Waals surface area (Å²) in [6, 6.07) is 9.80. The van der Waals surface area contributed by atoms with Crippen molar-refractivity contribution in [1.29, 1.82) is 0 Å². The van der Waals surface area contributed by atoms with Gasteiger partial charge in [0.1, 0.15) is 11.4 Å². The van der Waals surface area contributed by atoms with Crippen molar-refractivity contribution in [2.24, 2.45) is 10.7 Å². The second kappa shape index (κ2) is 4.56. The van der Waals surface area contributed by atoms with Gasteiger partial charge in [0.05, 0.1) is 0 Å². The Morgan fingerprint density at radius 2 is 2.21 bits per heavy atom. The molecule has 100 valence electrons. The van der Waals surface area contributed by atoms with Crippen molar-refractivity contribution in [2.45, 2.75) is 30.7 Å². The number of hydrogen-bond donors (Lipinski definition) is 1. The number of hydrogen-bond acceptors (Lipinski definition) is 3. The molecular weight excluding hydrogens is 258 g/mol. The van der Waals surface area contributed by atoms with Crippen molar-refractivity contribution in [1.82, 2.24) is 4.90 Å². The minimum Gasteiger partial charge on any atom is -0.385 e. The predicted octanol–water partition coefficient (Wildman–Crippen LogP) is 2.24. The minimum atomic E-state index is -0.364. The van der Waals surface area contributed by atoms with Crippen molar-refractivity contribution in [3.05, 3.63) is 35.9 Å². The van der Waals surface area contributed by atoms with E-state index in [1.165, 1.54) is 0 Å². The number of nitrogens with two attached hydrogens (primary N) is 1. The SMILES string of the molecule is CC1CC2(CS1)C(N)=NC(=O)N2Cc1ccccc1. The van der Waals surface area contributed by atoms with E-state index in [1.54, 1.807) is 0 Å². The topological polar surface area (TPSA) is 58.7 Å². The summed E-state index contributed by atoms with van der Waals surface area (Å²) in [4.78, 5) is 18.0. The smallest absolute Gasteiger partial charge is 0.346 e. The molecule has 0 saturated carbocycles. The largest absolute Gasteiger partial charge is 0.385 e. The van der Waals surface area contributed by atoms with Crippen LogP contribution in [0, 0.1) is 0 Å². The normalized spacial score (nSPS) is 30.2. The first kappa shape index (κ1) is 12.5. The van der Waals surface area contributed by atoms with E-state index in [4.69, 9.17) is 5.73 Å². The Balaban J connectivity index is 1.89. The molecule has 0 aliphatic carbocycles. The number of aliphatic imine (C=N–C) groups is 1. The van der Waals surface area contributed by atoms with Gasteiger partial charge in [-0.25, -0.2) is 4.79 Å². The zero-order valence-corrected chi connectivity index (χ0v) is 11.7. The second-order valence-corrected chi connectivity index (χ2v) is 6.64. The highest BCUT2D eigenvalue weighted by atomic mass is 32.2. The van der Waals surface area contributed by atoms with Crippen molar-refractivity contribution in [3.63, 3.8) is 0 Å². The van der Waals surface area contributed by atoms with Gasteiger partial charge >= 0.3 is 6.03 Å². The van der Waals surface area contributed by atoms with Crippen LogP contribution in [-0.2, 0) is 6.54 Å². The lowest BCUT2D eigenvalue weighted by atomic mass is 9.93. The molecule has 2 N–H and O–H groups in total. The maximum absolute atomic E-state index is 12.1. The number of benzene rings is 1. The van der Waals surface area contributed by atoms with Crippen LogP contribution < -0.4 is 5.73 Å². The molecule has 0 radical (unpaired) electrons. The molecule has 2 aliphatic heterocycles. The Morgan fingerprint density at radius 1 is 1.47 bits per heavy atom.